The fraction of sp³-hybridized carbons (Fsp3) is 0.667. The minimum absolute atomic E-state index is 0.578. The normalized spacial score (nSPS) is 14.0. The number of hydrogen-bond acceptors (Lipinski definition) is 2. The third-order valence-electron chi connectivity index (χ3n) is 3.79. The second kappa shape index (κ2) is 9.82. The van der Waals surface area contributed by atoms with Crippen molar-refractivity contribution in [3.05, 3.63) is 29.8 Å². The molecule has 2 unspecified atom stereocenters. The third kappa shape index (κ3) is 6.95. The number of ether oxygens (including phenoxy) is 1. The Hall–Kier alpha value is -1.02. The lowest BCUT2D eigenvalue weighted by Crippen LogP contribution is -2.33. The van der Waals surface area contributed by atoms with Gasteiger partial charge in [-0.05, 0) is 56.3 Å². The van der Waals surface area contributed by atoms with E-state index in [0.717, 1.165) is 31.2 Å². The van der Waals surface area contributed by atoms with Crippen LogP contribution in [0.2, 0.25) is 0 Å². The lowest BCUT2D eigenvalue weighted by atomic mass is 9.97. The van der Waals surface area contributed by atoms with Gasteiger partial charge in [0.15, 0.2) is 0 Å². The van der Waals surface area contributed by atoms with Crippen LogP contribution >= 0.6 is 0 Å². The number of aryl methyl sites for hydroxylation is 1. The summed E-state index contributed by atoms with van der Waals surface area (Å²) in [7, 11) is 0. The summed E-state index contributed by atoms with van der Waals surface area (Å²) in [6.07, 6.45) is 4.77. The molecule has 1 aromatic carbocycles. The van der Waals surface area contributed by atoms with Crippen molar-refractivity contribution in [2.45, 2.75) is 59.4 Å². The highest BCUT2D eigenvalue weighted by atomic mass is 16.5. The number of rotatable bonds is 10. The molecule has 0 bridgehead atoms. The average Bonchev–Trinajstić information content (AvgIpc) is 2.44. The fourth-order valence-electron chi connectivity index (χ4n) is 2.33. The first kappa shape index (κ1) is 17.0. The molecule has 114 valence electrons. The topological polar surface area (TPSA) is 21.3 Å². The Morgan fingerprint density at radius 1 is 1.25 bits per heavy atom. The molecule has 20 heavy (non-hydrogen) atoms. The Morgan fingerprint density at radius 2 is 2.05 bits per heavy atom. The van der Waals surface area contributed by atoms with Crippen molar-refractivity contribution >= 4 is 0 Å². The van der Waals surface area contributed by atoms with E-state index in [9.17, 15) is 0 Å². The van der Waals surface area contributed by atoms with Crippen molar-refractivity contribution in [2.75, 3.05) is 13.2 Å². The molecule has 0 aliphatic carbocycles. The van der Waals surface area contributed by atoms with Crippen LogP contribution in [-0.4, -0.2) is 19.2 Å². The van der Waals surface area contributed by atoms with E-state index in [1.165, 1.54) is 24.8 Å². The molecule has 0 spiro atoms. The lowest BCUT2D eigenvalue weighted by molar-refractivity contribution is 0.268. The van der Waals surface area contributed by atoms with Crippen molar-refractivity contribution in [3.63, 3.8) is 0 Å². The van der Waals surface area contributed by atoms with Crippen molar-refractivity contribution < 1.29 is 4.74 Å². The van der Waals surface area contributed by atoms with Crippen molar-refractivity contribution in [3.8, 4) is 5.75 Å². The summed E-state index contributed by atoms with van der Waals surface area (Å²) >= 11 is 0. The maximum absolute atomic E-state index is 5.87. The van der Waals surface area contributed by atoms with Crippen molar-refractivity contribution in [1.29, 1.82) is 0 Å². The van der Waals surface area contributed by atoms with Crippen LogP contribution in [0.3, 0.4) is 0 Å². The first-order chi connectivity index (χ1) is 9.65. The van der Waals surface area contributed by atoms with E-state index in [-0.39, 0.29) is 0 Å². The molecule has 2 nitrogen and oxygen atoms in total. The Kier molecular flexibility index (Phi) is 8.36. The van der Waals surface area contributed by atoms with Crippen LogP contribution in [0, 0.1) is 12.8 Å². The van der Waals surface area contributed by atoms with Gasteiger partial charge in [-0.3, -0.25) is 0 Å². The van der Waals surface area contributed by atoms with Gasteiger partial charge in [0.1, 0.15) is 5.75 Å². The summed E-state index contributed by atoms with van der Waals surface area (Å²) in [6, 6.07) is 8.87. The van der Waals surface area contributed by atoms with Crippen LogP contribution in [0.15, 0.2) is 24.3 Å². The van der Waals surface area contributed by atoms with Gasteiger partial charge in [0.25, 0.3) is 0 Å². The van der Waals surface area contributed by atoms with Gasteiger partial charge < -0.3 is 10.1 Å². The highest BCUT2D eigenvalue weighted by Crippen LogP contribution is 2.15. The first-order valence-corrected chi connectivity index (χ1v) is 8.08. The molecule has 0 radical (unpaired) electrons. The van der Waals surface area contributed by atoms with Crippen LogP contribution < -0.4 is 10.1 Å². The summed E-state index contributed by atoms with van der Waals surface area (Å²) in [5.41, 5.74) is 1.25. The van der Waals surface area contributed by atoms with E-state index < -0.39 is 0 Å². The van der Waals surface area contributed by atoms with Crippen LogP contribution in [0.4, 0.5) is 0 Å². The van der Waals surface area contributed by atoms with Gasteiger partial charge in [-0.2, -0.15) is 0 Å². The van der Waals surface area contributed by atoms with Crippen LogP contribution in [0.1, 0.15) is 52.0 Å². The van der Waals surface area contributed by atoms with Crippen molar-refractivity contribution in [1.82, 2.24) is 5.32 Å². The molecular weight excluding hydrogens is 246 g/mol. The molecule has 0 heterocycles. The quantitative estimate of drug-likeness (QED) is 0.676. The molecule has 0 aliphatic rings. The molecule has 0 fully saturated rings. The molecule has 1 aromatic rings. The number of nitrogens with one attached hydrogen (secondary N) is 1. The summed E-state index contributed by atoms with van der Waals surface area (Å²) in [5, 5.41) is 3.65. The highest BCUT2D eigenvalue weighted by Gasteiger charge is 2.11. The van der Waals surface area contributed by atoms with Gasteiger partial charge in [0, 0.05) is 6.04 Å². The van der Waals surface area contributed by atoms with Gasteiger partial charge in [-0.25, -0.2) is 0 Å². The average molecular weight is 277 g/mol. The second-order valence-corrected chi connectivity index (χ2v) is 5.85. The standard InChI is InChI=1S/C18H31NO/c1-5-11-19-17(13-15(3)6-2)10-12-20-18-9-7-8-16(4)14-18/h7-9,14-15,17,19H,5-6,10-13H2,1-4H3. The Labute approximate surface area is 124 Å². The fourth-order valence-corrected chi connectivity index (χ4v) is 2.33. The lowest BCUT2D eigenvalue weighted by Gasteiger charge is -2.21. The SMILES string of the molecule is CCCNC(CCOc1cccc(C)c1)CC(C)CC. The molecule has 0 amide bonds. The van der Waals surface area contributed by atoms with E-state index in [2.05, 4.69) is 51.2 Å². The molecule has 0 aliphatic heterocycles. The smallest absolute Gasteiger partial charge is 0.119 e. The highest BCUT2D eigenvalue weighted by molar-refractivity contribution is 5.27. The molecule has 0 saturated carbocycles. The summed E-state index contributed by atoms with van der Waals surface area (Å²) in [6.45, 7) is 10.8. The van der Waals surface area contributed by atoms with Crippen LogP contribution in [0.25, 0.3) is 0 Å². The zero-order valence-corrected chi connectivity index (χ0v) is 13.6. The Balaban J connectivity index is 2.36. The molecule has 2 heteroatoms. The molecule has 2 atom stereocenters. The monoisotopic (exact) mass is 277 g/mol. The van der Waals surface area contributed by atoms with Crippen LogP contribution in [-0.2, 0) is 0 Å². The Morgan fingerprint density at radius 3 is 2.70 bits per heavy atom. The zero-order chi connectivity index (χ0) is 14.8. The summed E-state index contributed by atoms with van der Waals surface area (Å²) in [4.78, 5) is 0. The third-order valence-corrected chi connectivity index (χ3v) is 3.79. The van der Waals surface area contributed by atoms with E-state index in [1.54, 1.807) is 0 Å². The first-order valence-electron chi connectivity index (χ1n) is 8.08. The largest absolute Gasteiger partial charge is 0.494 e. The molecule has 1 rings (SSSR count). The van der Waals surface area contributed by atoms with Gasteiger partial charge in [-0.15, -0.1) is 0 Å². The molecular formula is C18H31NO. The van der Waals surface area contributed by atoms with E-state index in [4.69, 9.17) is 4.74 Å². The van der Waals surface area contributed by atoms with Gasteiger partial charge in [0.05, 0.1) is 6.61 Å². The second-order valence-electron chi connectivity index (χ2n) is 5.85. The van der Waals surface area contributed by atoms with Crippen molar-refractivity contribution in [2.24, 2.45) is 5.92 Å². The summed E-state index contributed by atoms with van der Waals surface area (Å²) in [5.74, 6) is 1.77. The van der Waals surface area contributed by atoms with Gasteiger partial charge in [0.2, 0.25) is 0 Å². The zero-order valence-electron chi connectivity index (χ0n) is 13.6. The molecule has 0 saturated heterocycles. The predicted octanol–water partition coefficient (Wildman–Crippen LogP) is 4.57. The minimum Gasteiger partial charge on any atom is -0.494 e. The summed E-state index contributed by atoms with van der Waals surface area (Å²) < 4.78 is 5.87. The molecule has 1 N–H and O–H groups in total. The van der Waals surface area contributed by atoms with Crippen LogP contribution in [0.5, 0.6) is 5.75 Å². The van der Waals surface area contributed by atoms with Gasteiger partial charge >= 0.3 is 0 Å². The minimum atomic E-state index is 0.578. The number of hydrogen-bond donors (Lipinski definition) is 1. The van der Waals surface area contributed by atoms with E-state index >= 15 is 0 Å². The van der Waals surface area contributed by atoms with E-state index in [0.29, 0.717) is 6.04 Å². The Bertz CT molecular complexity index is 364. The molecule has 0 aromatic heterocycles. The van der Waals surface area contributed by atoms with E-state index in [1.807, 2.05) is 6.07 Å². The maximum atomic E-state index is 5.87. The number of benzene rings is 1. The maximum Gasteiger partial charge on any atom is 0.119 e. The van der Waals surface area contributed by atoms with Gasteiger partial charge in [-0.1, -0.05) is 39.3 Å². The predicted molar refractivity (Wildman–Crippen MR) is 87.4 cm³/mol.